The number of anilines is 1. The maximum Gasteiger partial charge on any atom is 0.267 e. The molecule has 0 spiro atoms. The molecule has 1 aliphatic rings. The van der Waals surface area contributed by atoms with Gasteiger partial charge in [0.15, 0.2) is 0 Å². The minimum Gasteiger partial charge on any atom is -0.368 e. The number of carbonyl (C=O) groups excluding carboxylic acids is 1. The number of hydrogen-bond donors (Lipinski definition) is 2. The fourth-order valence-corrected chi connectivity index (χ4v) is 3.70. The molecule has 4 rings (SSSR count). The first-order valence-corrected chi connectivity index (χ1v) is 9.12. The Kier molecular flexibility index (Phi) is 6.04. The second-order valence-corrected chi connectivity index (χ2v) is 6.63. The molecule has 1 amide bonds. The minimum absolute atomic E-state index is 0. The molecule has 0 radical (unpaired) electrons. The largest absolute Gasteiger partial charge is 0.368 e. The second-order valence-electron chi connectivity index (χ2n) is 6.63. The van der Waals surface area contributed by atoms with E-state index in [0.717, 1.165) is 37.1 Å². The first-order chi connectivity index (χ1) is 12.8. The van der Waals surface area contributed by atoms with E-state index >= 15 is 0 Å². The van der Waals surface area contributed by atoms with Gasteiger partial charge in [0.1, 0.15) is 5.69 Å². The standard InChI is InChI=1S/C21H24N4O.ClH/c1-22-21(26)20-14-17-18(24-12-10-23-11-13-24)8-5-9-19(17)25(20)15-16-6-3-2-4-7-16;/h2-9,14,23H,10-13,15H2,1H3,(H,22,26);1H. The summed E-state index contributed by atoms with van der Waals surface area (Å²) in [6.45, 7) is 4.63. The van der Waals surface area contributed by atoms with Gasteiger partial charge in [-0.2, -0.15) is 0 Å². The highest BCUT2D eigenvalue weighted by atomic mass is 35.5. The molecule has 1 fully saturated rings. The lowest BCUT2D eigenvalue weighted by Crippen LogP contribution is -2.43. The Hall–Kier alpha value is -2.50. The predicted octanol–water partition coefficient (Wildman–Crippen LogP) is 2.88. The van der Waals surface area contributed by atoms with Crippen LogP contribution in [0, 0.1) is 0 Å². The Morgan fingerprint density at radius 3 is 2.52 bits per heavy atom. The number of halogens is 1. The number of rotatable bonds is 4. The lowest BCUT2D eigenvalue weighted by Gasteiger charge is -2.30. The van der Waals surface area contributed by atoms with Crippen LogP contribution in [0.3, 0.4) is 0 Å². The van der Waals surface area contributed by atoms with Gasteiger partial charge in [-0.3, -0.25) is 4.79 Å². The number of fused-ring (bicyclic) bond motifs is 1. The Bertz CT molecular complexity index is 917. The number of piperazine rings is 1. The summed E-state index contributed by atoms with van der Waals surface area (Å²) in [7, 11) is 1.68. The highest BCUT2D eigenvalue weighted by Gasteiger charge is 2.19. The molecular weight excluding hydrogens is 360 g/mol. The second kappa shape index (κ2) is 8.46. The third-order valence-corrected chi connectivity index (χ3v) is 5.02. The fourth-order valence-electron chi connectivity index (χ4n) is 3.70. The van der Waals surface area contributed by atoms with E-state index in [-0.39, 0.29) is 18.3 Å². The van der Waals surface area contributed by atoms with E-state index in [4.69, 9.17) is 0 Å². The van der Waals surface area contributed by atoms with Crippen LogP contribution in [0.5, 0.6) is 0 Å². The van der Waals surface area contributed by atoms with Gasteiger partial charge in [0.25, 0.3) is 5.91 Å². The molecule has 0 atom stereocenters. The van der Waals surface area contributed by atoms with Crippen LogP contribution >= 0.6 is 12.4 Å². The van der Waals surface area contributed by atoms with Crippen LogP contribution in [-0.4, -0.2) is 43.7 Å². The summed E-state index contributed by atoms with van der Waals surface area (Å²) in [4.78, 5) is 14.9. The maximum atomic E-state index is 12.5. The van der Waals surface area contributed by atoms with E-state index in [9.17, 15) is 4.79 Å². The summed E-state index contributed by atoms with van der Waals surface area (Å²) < 4.78 is 2.12. The van der Waals surface area contributed by atoms with Crippen molar-refractivity contribution in [3.63, 3.8) is 0 Å². The Morgan fingerprint density at radius 2 is 1.81 bits per heavy atom. The lowest BCUT2D eigenvalue weighted by atomic mass is 10.1. The van der Waals surface area contributed by atoms with Gasteiger partial charge in [0.2, 0.25) is 0 Å². The van der Waals surface area contributed by atoms with Gasteiger partial charge in [-0.25, -0.2) is 0 Å². The summed E-state index contributed by atoms with van der Waals surface area (Å²) in [6, 6.07) is 18.7. The van der Waals surface area contributed by atoms with Crippen molar-refractivity contribution in [3.8, 4) is 0 Å². The molecule has 1 aliphatic heterocycles. The molecule has 27 heavy (non-hydrogen) atoms. The van der Waals surface area contributed by atoms with Crippen molar-refractivity contribution in [2.24, 2.45) is 0 Å². The van der Waals surface area contributed by atoms with Crippen molar-refractivity contribution in [1.29, 1.82) is 0 Å². The van der Waals surface area contributed by atoms with Gasteiger partial charge in [-0.05, 0) is 23.8 Å². The highest BCUT2D eigenvalue weighted by Crippen LogP contribution is 2.31. The SMILES string of the molecule is CNC(=O)c1cc2c(N3CCNCC3)cccc2n1Cc1ccccc1.Cl. The molecule has 2 heterocycles. The predicted molar refractivity (Wildman–Crippen MR) is 113 cm³/mol. The molecule has 2 aromatic carbocycles. The molecule has 0 bridgehead atoms. The van der Waals surface area contributed by atoms with Crippen LogP contribution in [0.25, 0.3) is 10.9 Å². The molecular formula is C21H25ClN4O. The summed E-state index contributed by atoms with van der Waals surface area (Å²) >= 11 is 0. The van der Waals surface area contributed by atoms with Crippen molar-refractivity contribution >= 4 is 34.9 Å². The van der Waals surface area contributed by atoms with E-state index in [0.29, 0.717) is 12.2 Å². The topological polar surface area (TPSA) is 49.3 Å². The third kappa shape index (κ3) is 3.80. The van der Waals surface area contributed by atoms with Gasteiger partial charge in [0.05, 0.1) is 5.52 Å². The van der Waals surface area contributed by atoms with Crippen molar-refractivity contribution in [2.75, 3.05) is 38.1 Å². The number of nitrogens with zero attached hydrogens (tertiary/aromatic N) is 2. The molecule has 2 N–H and O–H groups in total. The van der Waals surface area contributed by atoms with Crippen LogP contribution in [-0.2, 0) is 6.54 Å². The molecule has 5 nitrogen and oxygen atoms in total. The minimum atomic E-state index is -0.0524. The molecule has 6 heteroatoms. The van der Waals surface area contributed by atoms with Crippen LogP contribution in [0.15, 0.2) is 54.6 Å². The van der Waals surface area contributed by atoms with Crippen molar-refractivity contribution in [3.05, 3.63) is 65.9 Å². The summed E-state index contributed by atoms with van der Waals surface area (Å²) in [5.74, 6) is -0.0524. The van der Waals surface area contributed by atoms with Crippen molar-refractivity contribution in [2.45, 2.75) is 6.54 Å². The van der Waals surface area contributed by atoms with Crippen molar-refractivity contribution < 1.29 is 4.79 Å². The zero-order valence-electron chi connectivity index (χ0n) is 15.4. The average Bonchev–Trinajstić information content (AvgIpc) is 3.07. The van der Waals surface area contributed by atoms with Crippen LogP contribution in [0.2, 0.25) is 0 Å². The Labute approximate surface area is 165 Å². The number of hydrogen-bond acceptors (Lipinski definition) is 3. The molecule has 0 aliphatic carbocycles. The average molecular weight is 385 g/mol. The van der Waals surface area contributed by atoms with E-state index in [1.807, 2.05) is 24.3 Å². The molecule has 1 aromatic heterocycles. The number of amides is 1. The van der Waals surface area contributed by atoms with E-state index < -0.39 is 0 Å². The summed E-state index contributed by atoms with van der Waals surface area (Å²) in [6.07, 6.45) is 0. The van der Waals surface area contributed by atoms with Gasteiger partial charge in [-0.15, -0.1) is 12.4 Å². The fraction of sp³-hybridized carbons (Fsp3) is 0.286. The highest BCUT2D eigenvalue weighted by molar-refractivity contribution is 6.02. The summed E-state index contributed by atoms with van der Waals surface area (Å²) in [5.41, 5.74) is 4.20. The van der Waals surface area contributed by atoms with E-state index in [2.05, 4.69) is 50.4 Å². The monoisotopic (exact) mass is 384 g/mol. The van der Waals surface area contributed by atoms with Gasteiger partial charge < -0.3 is 20.1 Å². The van der Waals surface area contributed by atoms with Gasteiger partial charge >= 0.3 is 0 Å². The molecule has 1 saturated heterocycles. The van der Waals surface area contributed by atoms with Crippen LogP contribution in [0.1, 0.15) is 16.1 Å². The lowest BCUT2D eigenvalue weighted by molar-refractivity contribution is 0.0955. The number of nitrogens with one attached hydrogen (secondary N) is 2. The molecule has 3 aromatic rings. The number of benzene rings is 2. The molecule has 142 valence electrons. The first kappa shape index (κ1) is 19.3. The number of carbonyl (C=O) groups is 1. The smallest absolute Gasteiger partial charge is 0.267 e. The zero-order valence-corrected chi connectivity index (χ0v) is 16.3. The molecule has 0 saturated carbocycles. The van der Waals surface area contributed by atoms with E-state index in [1.54, 1.807) is 7.05 Å². The zero-order chi connectivity index (χ0) is 17.9. The third-order valence-electron chi connectivity index (χ3n) is 5.02. The van der Waals surface area contributed by atoms with Crippen LogP contribution in [0.4, 0.5) is 5.69 Å². The van der Waals surface area contributed by atoms with Crippen LogP contribution < -0.4 is 15.5 Å². The normalized spacial score (nSPS) is 14.0. The number of aromatic nitrogens is 1. The summed E-state index contributed by atoms with van der Waals surface area (Å²) in [5, 5.41) is 7.32. The quantitative estimate of drug-likeness (QED) is 0.727. The van der Waals surface area contributed by atoms with Gasteiger partial charge in [-0.1, -0.05) is 36.4 Å². The Balaban J connectivity index is 0.00000210. The van der Waals surface area contributed by atoms with Gasteiger partial charge in [0, 0.05) is 50.8 Å². The van der Waals surface area contributed by atoms with E-state index in [1.165, 1.54) is 11.3 Å². The Morgan fingerprint density at radius 1 is 1.07 bits per heavy atom. The van der Waals surface area contributed by atoms with Crippen molar-refractivity contribution in [1.82, 2.24) is 15.2 Å². The maximum absolute atomic E-state index is 12.5. The molecule has 0 unspecified atom stereocenters. The first-order valence-electron chi connectivity index (χ1n) is 9.12.